The normalized spacial score (nSPS) is 10.7. The fraction of sp³-hybridized carbons (Fsp3) is 0.143. The minimum Gasteiger partial charge on any atom is -0.456 e. The van der Waals surface area contributed by atoms with Crippen LogP contribution < -0.4 is 10.1 Å². The maximum absolute atomic E-state index is 6.14. The van der Waals surface area contributed by atoms with E-state index in [0.29, 0.717) is 21.5 Å². The molecule has 2 aromatic rings. The number of hydrogen-bond donors (Lipinski definition) is 1. The third-order valence-electron chi connectivity index (χ3n) is 2.59. The number of hydrogen-bond acceptors (Lipinski definition) is 2. The van der Waals surface area contributed by atoms with Crippen molar-refractivity contribution >= 4 is 55.1 Å². The molecule has 0 radical (unpaired) electrons. The number of benzene rings is 2. The van der Waals surface area contributed by atoms with Crippen molar-refractivity contribution in [3.8, 4) is 11.5 Å². The number of rotatable bonds is 4. The molecule has 2 nitrogen and oxygen atoms in total. The van der Waals surface area contributed by atoms with E-state index in [1.54, 1.807) is 12.1 Å². The van der Waals surface area contributed by atoms with Gasteiger partial charge in [0.2, 0.25) is 0 Å². The van der Waals surface area contributed by atoms with Gasteiger partial charge in [-0.3, -0.25) is 0 Å². The third kappa shape index (κ3) is 3.89. The van der Waals surface area contributed by atoms with Crippen LogP contribution in [0.25, 0.3) is 0 Å². The molecule has 0 bridgehead atoms. The summed E-state index contributed by atoms with van der Waals surface area (Å²) >= 11 is 19.0. The van der Waals surface area contributed by atoms with Crippen molar-refractivity contribution in [1.82, 2.24) is 5.32 Å². The smallest absolute Gasteiger partial charge is 0.147 e. The first-order valence-electron chi connectivity index (χ1n) is 5.76. The summed E-state index contributed by atoms with van der Waals surface area (Å²) in [5.74, 6) is 1.21. The van der Waals surface area contributed by atoms with Crippen LogP contribution >= 0.6 is 55.1 Å². The van der Waals surface area contributed by atoms with Crippen LogP contribution in [0.15, 0.2) is 39.3 Å². The number of ether oxygens (including phenoxy) is 1. The Kier molecular flexibility index (Phi) is 5.75. The molecule has 20 heavy (non-hydrogen) atoms. The standard InChI is InChI=1S/C14H11Br2Cl2NO/c1-19-7-8-2-3-9(4-10(8)15)20-14-6-12(17)11(16)5-13(14)18/h2-6,19H,7H2,1H3. The highest BCUT2D eigenvalue weighted by molar-refractivity contribution is 9.10. The first-order valence-corrected chi connectivity index (χ1v) is 8.11. The van der Waals surface area contributed by atoms with Crippen LogP contribution in [0.1, 0.15) is 5.56 Å². The maximum atomic E-state index is 6.14. The van der Waals surface area contributed by atoms with Crippen LogP contribution in [0.3, 0.4) is 0 Å². The molecule has 0 atom stereocenters. The maximum Gasteiger partial charge on any atom is 0.147 e. The Labute approximate surface area is 144 Å². The molecule has 0 unspecified atom stereocenters. The molecule has 0 saturated heterocycles. The van der Waals surface area contributed by atoms with Gasteiger partial charge in [0.25, 0.3) is 0 Å². The Morgan fingerprint density at radius 3 is 2.45 bits per heavy atom. The molecular weight excluding hydrogens is 429 g/mol. The lowest BCUT2D eigenvalue weighted by Crippen LogP contribution is -2.05. The molecule has 0 aliphatic heterocycles. The van der Waals surface area contributed by atoms with Gasteiger partial charge in [-0.05, 0) is 46.7 Å². The highest BCUT2D eigenvalue weighted by Crippen LogP contribution is 2.37. The zero-order chi connectivity index (χ0) is 14.7. The van der Waals surface area contributed by atoms with Crippen molar-refractivity contribution < 1.29 is 4.74 Å². The Bertz CT molecular complexity index is 635. The van der Waals surface area contributed by atoms with Crippen molar-refractivity contribution in [2.24, 2.45) is 0 Å². The van der Waals surface area contributed by atoms with Crippen LogP contribution in [0.2, 0.25) is 10.0 Å². The summed E-state index contributed by atoms with van der Waals surface area (Å²) in [4.78, 5) is 0. The van der Waals surface area contributed by atoms with E-state index in [-0.39, 0.29) is 0 Å². The van der Waals surface area contributed by atoms with Crippen molar-refractivity contribution in [2.75, 3.05) is 7.05 Å². The van der Waals surface area contributed by atoms with Gasteiger partial charge in [0.15, 0.2) is 0 Å². The molecule has 0 aliphatic carbocycles. The van der Waals surface area contributed by atoms with E-state index in [4.69, 9.17) is 27.9 Å². The van der Waals surface area contributed by atoms with Gasteiger partial charge < -0.3 is 10.1 Å². The minimum atomic E-state index is 0.497. The van der Waals surface area contributed by atoms with Gasteiger partial charge in [0.05, 0.1) is 10.0 Å². The van der Waals surface area contributed by atoms with E-state index >= 15 is 0 Å². The minimum absolute atomic E-state index is 0.497. The molecule has 2 aromatic carbocycles. The van der Waals surface area contributed by atoms with Gasteiger partial charge in [-0.2, -0.15) is 0 Å². The van der Waals surface area contributed by atoms with Crippen LogP contribution in [0.5, 0.6) is 11.5 Å². The summed E-state index contributed by atoms with van der Waals surface area (Å²) in [6.45, 7) is 0.783. The van der Waals surface area contributed by atoms with Gasteiger partial charge >= 0.3 is 0 Å². The van der Waals surface area contributed by atoms with Crippen LogP contribution in [-0.4, -0.2) is 7.05 Å². The zero-order valence-corrected chi connectivity index (χ0v) is 15.2. The molecule has 0 spiro atoms. The van der Waals surface area contributed by atoms with E-state index in [1.165, 1.54) is 0 Å². The molecule has 0 fully saturated rings. The summed E-state index contributed by atoms with van der Waals surface area (Å²) in [5.41, 5.74) is 1.15. The van der Waals surface area contributed by atoms with Crippen LogP contribution in [0.4, 0.5) is 0 Å². The largest absolute Gasteiger partial charge is 0.456 e. The highest BCUT2D eigenvalue weighted by atomic mass is 79.9. The van der Waals surface area contributed by atoms with E-state index < -0.39 is 0 Å². The molecule has 0 amide bonds. The molecule has 0 aromatic heterocycles. The Balaban J connectivity index is 2.26. The monoisotopic (exact) mass is 437 g/mol. The average molecular weight is 440 g/mol. The van der Waals surface area contributed by atoms with Gasteiger partial charge in [0, 0.05) is 21.6 Å². The van der Waals surface area contributed by atoms with Gasteiger partial charge in [-0.1, -0.05) is 45.2 Å². The second-order valence-electron chi connectivity index (χ2n) is 4.08. The third-order valence-corrected chi connectivity index (χ3v) is 4.83. The lowest BCUT2D eigenvalue weighted by atomic mass is 10.2. The molecule has 2 rings (SSSR count). The van der Waals surface area contributed by atoms with Gasteiger partial charge in [0.1, 0.15) is 11.5 Å². The second-order valence-corrected chi connectivity index (χ2v) is 6.61. The molecule has 0 heterocycles. The molecule has 1 N–H and O–H groups in total. The number of nitrogens with one attached hydrogen (secondary N) is 1. The van der Waals surface area contributed by atoms with Gasteiger partial charge in [-0.25, -0.2) is 0 Å². The Hall–Kier alpha value is -0.260. The van der Waals surface area contributed by atoms with Crippen molar-refractivity contribution in [3.63, 3.8) is 0 Å². The summed E-state index contributed by atoms with van der Waals surface area (Å²) in [7, 11) is 1.90. The van der Waals surface area contributed by atoms with Crippen LogP contribution in [0, 0.1) is 0 Å². The van der Waals surface area contributed by atoms with E-state index in [1.807, 2.05) is 25.2 Å². The lowest BCUT2D eigenvalue weighted by molar-refractivity contribution is 0.482. The summed E-state index contributed by atoms with van der Waals surface area (Å²) in [5, 5.41) is 4.15. The fourth-order valence-electron chi connectivity index (χ4n) is 1.63. The molecule has 0 aliphatic rings. The first kappa shape index (κ1) is 16.1. The highest BCUT2D eigenvalue weighted by Gasteiger charge is 2.09. The molecule has 6 heteroatoms. The Morgan fingerprint density at radius 2 is 1.80 bits per heavy atom. The molecular formula is C14H11Br2Cl2NO. The predicted octanol–water partition coefficient (Wildman–Crippen LogP) is 6.03. The van der Waals surface area contributed by atoms with Crippen LogP contribution in [-0.2, 0) is 6.54 Å². The van der Waals surface area contributed by atoms with Crippen molar-refractivity contribution in [1.29, 1.82) is 0 Å². The summed E-state index contributed by atoms with van der Waals surface area (Å²) in [6, 6.07) is 9.18. The second kappa shape index (κ2) is 7.14. The lowest BCUT2D eigenvalue weighted by Gasteiger charge is -2.11. The first-order chi connectivity index (χ1) is 9.51. The summed E-state index contributed by atoms with van der Waals surface area (Å²) < 4.78 is 7.48. The topological polar surface area (TPSA) is 21.3 Å². The number of halogens is 4. The predicted molar refractivity (Wildman–Crippen MR) is 91.1 cm³/mol. The zero-order valence-electron chi connectivity index (χ0n) is 10.5. The quantitative estimate of drug-likeness (QED) is 0.587. The van der Waals surface area contributed by atoms with E-state index in [9.17, 15) is 0 Å². The Morgan fingerprint density at radius 1 is 1.05 bits per heavy atom. The van der Waals surface area contributed by atoms with E-state index in [2.05, 4.69) is 37.2 Å². The SMILES string of the molecule is CNCc1ccc(Oc2cc(Cl)c(Br)cc2Cl)cc1Br. The average Bonchev–Trinajstić information content (AvgIpc) is 2.39. The fourth-order valence-corrected chi connectivity index (χ4v) is 2.96. The van der Waals surface area contributed by atoms with E-state index in [0.717, 1.165) is 21.1 Å². The van der Waals surface area contributed by atoms with Crippen molar-refractivity contribution in [3.05, 3.63) is 54.9 Å². The molecule has 106 valence electrons. The summed E-state index contributed by atoms with van der Waals surface area (Å²) in [6.07, 6.45) is 0. The molecule has 0 saturated carbocycles. The van der Waals surface area contributed by atoms with Gasteiger partial charge in [-0.15, -0.1) is 0 Å². The van der Waals surface area contributed by atoms with Crippen molar-refractivity contribution in [2.45, 2.75) is 6.54 Å².